The lowest BCUT2D eigenvalue weighted by Gasteiger charge is -2.21. The van der Waals surface area contributed by atoms with Gasteiger partial charge < -0.3 is 5.11 Å². The number of carboxylic acids is 1. The van der Waals surface area contributed by atoms with Crippen molar-refractivity contribution in [2.45, 2.75) is 31.3 Å². The van der Waals surface area contributed by atoms with Crippen LogP contribution >= 0.6 is 0 Å². The maximum absolute atomic E-state index is 12.8. The number of benzene rings is 1. The Morgan fingerprint density at radius 1 is 1.35 bits per heavy atom. The number of hydrogen-bond donors (Lipinski definition) is 1. The summed E-state index contributed by atoms with van der Waals surface area (Å²) in [4.78, 5) is 10.8. The van der Waals surface area contributed by atoms with Crippen LogP contribution in [0.4, 0.5) is 13.2 Å². The minimum absolute atomic E-state index is 0.0409. The lowest BCUT2D eigenvalue weighted by Crippen LogP contribution is -2.35. The van der Waals surface area contributed by atoms with Crippen molar-refractivity contribution in [3.05, 3.63) is 29.3 Å². The van der Waals surface area contributed by atoms with Crippen LogP contribution in [0.5, 0.6) is 0 Å². The lowest BCUT2D eigenvalue weighted by molar-refractivity contribution is -0.147. The van der Waals surface area contributed by atoms with E-state index in [1.165, 1.54) is 13.8 Å². The highest BCUT2D eigenvalue weighted by atomic mass is 32.2. The number of rotatable bonds is 3. The Morgan fingerprint density at radius 2 is 1.96 bits per heavy atom. The van der Waals surface area contributed by atoms with Crippen LogP contribution in [0.2, 0.25) is 0 Å². The second-order valence-corrected chi connectivity index (χ2v) is 7.84. The third kappa shape index (κ3) is 3.20. The van der Waals surface area contributed by atoms with Crippen molar-refractivity contribution >= 4 is 16.0 Å². The van der Waals surface area contributed by atoms with Crippen molar-refractivity contribution in [3.8, 4) is 0 Å². The summed E-state index contributed by atoms with van der Waals surface area (Å²) >= 11 is 0. The highest BCUT2D eigenvalue weighted by Gasteiger charge is 2.45. The molecular weight excluding hydrogens is 335 g/mol. The molecule has 2 rings (SSSR count). The van der Waals surface area contributed by atoms with Crippen molar-refractivity contribution < 1.29 is 31.5 Å². The fraction of sp³-hybridized carbons (Fsp3) is 0.500. The molecule has 1 N–H and O–H groups in total. The van der Waals surface area contributed by atoms with E-state index >= 15 is 0 Å². The van der Waals surface area contributed by atoms with Crippen LogP contribution in [0.3, 0.4) is 0 Å². The fourth-order valence-electron chi connectivity index (χ4n) is 2.49. The molecule has 1 aromatic rings. The monoisotopic (exact) mass is 351 g/mol. The van der Waals surface area contributed by atoms with Gasteiger partial charge in [0.2, 0.25) is 10.0 Å². The Kier molecular flexibility index (Phi) is 4.23. The van der Waals surface area contributed by atoms with E-state index in [2.05, 4.69) is 0 Å². The molecule has 128 valence electrons. The van der Waals surface area contributed by atoms with Crippen molar-refractivity contribution in [1.29, 1.82) is 0 Å². The first-order chi connectivity index (χ1) is 10.4. The quantitative estimate of drug-likeness (QED) is 0.908. The predicted octanol–water partition coefficient (Wildman–Crippen LogP) is 2.50. The topological polar surface area (TPSA) is 74.7 Å². The van der Waals surface area contributed by atoms with Gasteiger partial charge in [0.1, 0.15) is 0 Å². The van der Waals surface area contributed by atoms with E-state index in [9.17, 15) is 26.4 Å². The molecule has 0 aromatic heterocycles. The molecule has 9 heteroatoms. The van der Waals surface area contributed by atoms with Crippen molar-refractivity contribution in [1.82, 2.24) is 4.31 Å². The Hall–Kier alpha value is -1.61. The van der Waals surface area contributed by atoms with Gasteiger partial charge in [0.25, 0.3) is 0 Å². The summed E-state index contributed by atoms with van der Waals surface area (Å²) in [6.07, 6.45) is -4.54. The van der Waals surface area contributed by atoms with E-state index in [4.69, 9.17) is 5.11 Å². The Balaban J connectivity index is 2.44. The van der Waals surface area contributed by atoms with E-state index in [1.54, 1.807) is 0 Å². The molecule has 0 spiro atoms. The summed E-state index contributed by atoms with van der Waals surface area (Å²) in [5.41, 5.74) is -2.11. The molecule has 0 radical (unpaired) electrons. The summed E-state index contributed by atoms with van der Waals surface area (Å²) in [5, 5.41) is 9.16. The van der Waals surface area contributed by atoms with Crippen LogP contribution in [-0.4, -0.2) is 36.9 Å². The standard InChI is InChI=1S/C14H16F3NO4S/c1-9-3-4-10(14(15,16)17)7-11(9)23(21,22)18-6-5-13(2,8-18)12(19)20/h3-4,7H,5-6,8H2,1-2H3,(H,19,20). The van der Waals surface area contributed by atoms with Gasteiger partial charge in [-0.1, -0.05) is 6.07 Å². The first-order valence-electron chi connectivity index (χ1n) is 6.79. The van der Waals surface area contributed by atoms with Crippen molar-refractivity contribution in [2.24, 2.45) is 5.41 Å². The molecule has 1 saturated heterocycles. The predicted molar refractivity (Wildman–Crippen MR) is 75.3 cm³/mol. The maximum atomic E-state index is 12.8. The van der Waals surface area contributed by atoms with Crippen LogP contribution < -0.4 is 0 Å². The van der Waals surface area contributed by atoms with Gasteiger partial charge in [0.15, 0.2) is 0 Å². The molecule has 5 nitrogen and oxygen atoms in total. The summed E-state index contributed by atoms with van der Waals surface area (Å²) in [7, 11) is -4.19. The van der Waals surface area contributed by atoms with E-state index in [1.807, 2.05) is 0 Å². The number of carbonyl (C=O) groups is 1. The first-order valence-corrected chi connectivity index (χ1v) is 8.23. The Morgan fingerprint density at radius 3 is 2.43 bits per heavy atom. The number of aryl methyl sites for hydroxylation is 1. The largest absolute Gasteiger partial charge is 0.481 e. The Labute approximate surface area is 131 Å². The van der Waals surface area contributed by atoms with Gasteiger partial charge in [-0.3, -0.25) is 4.79 Å². The molecular formula is C14H16F3NO4S. The normalized spacial score (nSPS) is 23.2. The molecule has 0 bridgehead atoms. The molecule has 1 aromatic carbocycles. The zero-order valence-corrected chi connectivity index (χ0v) is 13.3. The molecule has 0 saturated carbocycles. The third-order valence-electron chi connectivity index (χ3n) is 4.09. The number of aliphatic carboxylic acids is 1. The maximum Gasteiger partial charge on any atom is 0.416 e. The van der Waals surface area contributed by atoms with Crippen LogP contribution in [0.25, 0.3) is 0 Å². The number of halogens is 3. The van der Waals surface area contributed by atoms with Crippen LogP contribution in [0.15, 0.2) is 23.1 Å². The second kappa shape index (κ2) is 5.48. The molecule has 0 amide bonds. The summed E-state index contributed by atoms with van der Waals surface area (Å²) in [6.45, 7) is 2.52. The summed E-state index contributed by atoms with van der Waals surface area (Å²) in [5.74, 6) is -1.13. The average Bonchev–Trinajstić information content (AvgIpc) is 2.82. The molecule has 1 unspecified atom stereocenters. The van der Waals surface area contributed by atoms with Crippen LogP contribution in [0, 0.1) is 12.3 Å². The first kappa shape index (κ1) is 17.7. The number of hydrogen-bond acceptors (Lipinski definition) is 3. The summed E-state index contributed by atoms with van der Waals surface area (Å²) in [6, 6.07) is 2.52. The van der Waals surface area contributed by atoms with Gasteiger partial charge >= 0.3 is 12.1 Å². The van der Waals surface area contributed by atoms with Gasteiger partial charge in [-0.25, -0.2) is 8.42 Å². The highest BCUT2D eigenvalue weighted by molar-refractivity contribution is 7.89. The van der Waals surface area contributed by atoms with Crippen molar-refractivity contribution in [2.75, 3.05) is 13.1 Å². The van der Waals surface area contributed by atoms with Gasteiger partial charge in [-0.2, -0.15) is 17.5 Å². The van der Waals surface area contributed by atoms with Crippen molar-refractivity contribution in [3.63, 3.8) is 0 Å². The SMILES string of the molecule is Cc1ccc(C(F)(F)F)cc1S(=O)(=O)N1CCC(C)(C(=O)O)C1. The second-order valence-electron chi connectivity index (χ2n) is 5.93. The highest BCUT2D eigenvalue weighted by Crippen LogP contribution is 2.36. The zero-order valence-electron chi connectivity index (χ0n) is 12.5. The fourth-order valence-corrected chi connectivity index (χ4v) is 4.31. The van der Waals surface area contributed by atoms with E-state index in [0.717, 1.165) is 16.4 Å². The number of alkyl halides is 3. The average molecular weight is 351 g/mol. The smallest absolute Gasteiger partial charge is 0.416 e. The summed E-state index contributed by atoms with van der Waals surface area (Å²) < 4.78 is 64.6. The van der Waals surface area contributed by atoms with Crippen LogP contribution in [0.1, 0.15) is 24.5 Å². The Bertz CT molecular complexity index is 745. The molecule has 1 fully saturated rings. The molecule has 1 atom stereocenters. The van der Waals surface area contributed by atoms with Gasteiger partial charge in [-0.15, -0.1) is 0 Å². The van der Waals surface area contributed by atoms with E-state index in [0.29, 0.717) is 6.07 Å². The van der Waals surface area contributed by atoms with E-state index < -0.39 is 38.0 Å². The minimum atomic E-state index is -4.65. The molecule has 1 aliphatic rings. The van der Waals surface area contributed by atoms with Gasteiger partial charge in [0, 0.05) is 13.1 Å². The molecule has 0 aliphatic carbocycles. The zero-order chi connectivity index (χ0) is 17.6. The lowest BCUT2D eigenvalue weighted by atomic mass is 9.90. The van der Waals surface area contributed by atoms with Gasteiger partial charge in [0.05, 0.1) is 15.9 Å². The number of nitrogens with zero attached hydrogens (tertiary/aromatic N) is 1. The number of carboxylic acid groups (broad SMARTS) is 1. The molecule has 1 aliphatic heterocycles. The van der Waals surface area contributed by atoms with Gasteiger partial charge in [-0.05, 0) is 38.0 Å². The minimum Gasteiger partial charge on any atom is -0.481 e. The molecule has 23 heavy (non-hydrogen) atoms. The third-order valence-corrected chi connectivity index (χ3v) is 6.08. The van der Waals surface area contributed by atoms with Crippen LogP contribution in [-0.2, 0) is 21.0 Å². The van der Waals surface area contributed by atoms with E-state index in [-0.39, 0.29) is 25.1 Å². The number of sulfonamides is 1. The molecule has 1 heterocycles.